The Balaban J connectivity index is 1.66. The Morgan fingerprint density at radius 3 is 2.12 bits per heavy atom. The van der Waals surface area contributed by atoms with Gasteiger partial charge in [-0.2, -0.15) is 8.42 Å². The number of hydrogen-bond acceptors (Lipinski definition) is 6. The summed E-state index contributed by atoms with van der Waals surface area (Å²) in [6, 6.07) is 17.3. The monoisotopic (exact) mass is 488 g/mol. The van der Waals surface area contributed by atoms with Gasteiger partial charge in [-0.15, -0.1) is 0 Å². The van der Waals surface area contributed by atoms with Gasteiger partial charge in [0.25, 0.3) is 0 Å². The van der Waals surface area contributed by atoms with Crippen LogP contribution in [-0.2, 0) is 21.4 Å². The zero-order chi connectivity index (χ0) is 24.6. The number of halogens is 1. The Morgan fingerprint density at radius 2 is 1.53 bits per heavy atom. The van der Waals surface area contributed by atoms with E-state index in [9.17, 15) is 17.6 Å². The number of urea groups is 1. The Hall–Kier alpha value is -3.63. The molecule has 0 bridgehead atoms. The maximum atomic E-state index is 13.1. The molecule has 0 aromatic heterocycles. The molecule has 3 aromatic rings. The fourth-order valence-electron chi connectivity index (χ4n) is 2.98. The molecule has 0 aliphatic rings. The highest BCUT2D eigenvalue weighted by atomic mass is 32.2. The van der Waals surface area contributed by atoms with Crippen molar-refractivity contribution in [3.8, 4) is 11.5 Å². The summed E-state index contributed by atoms with van der Waals surface area (Å²) in [5, 5.41) is 2.83. The first-order valence-corrected chi connectivity index (χ1v) is 11.7. The zero-order valence-electron chi connectivity index (χ0n) is 18.7. The molecule has 0 saturated heterocycles. The smallest absolute Gasteiger partial charge is 0.339 e. The van der Waals surface area contributed by atoms with E-state index < -0.39 is 15.9 Å². The number of carbonyl (C=O) groups is 1. The molecule has 8 nitrogen and oxygen atoms in total. The van der Waals surface area contributed by atoms with Crippen molar-refractivity contribution < 1.29 is 31.3 Å². The highest BCUT2D eigenvalue weighted by molar-refractivity contribution is 7.87. The van der Waals surface area contributed by atoms with Gasteiger partial charge in [0.2, 0.25) is 0 Å². The number of anilines is 1. The molecule has 0 saturated carbocycles. The van der Waals surface area contributed by atoms with Crippen LogP contribution in [0.4, 0.5) is 14.9 Å². The molecular weight excluding hydrogens is 463 g/mol. The van der Waals surface area contributed by atoms with Crippen LogP contribution in [0.15, 0.2) is 77.7 Å². The molecule has 34 heavy (non-hydrogen) atoms. The van der Waals surface area contributed by atoms with Crippen LogP contribution < -0.4 is 14.2 Å². The predicted octanol–water partition coefficient (Wildman–Crippen LogP) is 4.28. The average molecular weight is 489 g/mol. The topological polar surface area (TPSA) is 94.2 Å². The number of benzene rings is 3. The van der Waals surface area contributed by atoms with Crippen molar-refractivity contribution >= 4 is 21.8 Å². The first-order valence-electron chi connectivity index (χ1n) is 10.3. The summed E-state index contributed by atoms with van der Waals surface area (Å²) >= 11 is 0. The van der Waals surface area contributed by atoms with Crippen molar-refractivity contribution in [2.75, 3.05) is 32.7 Å². The van der Waals surface area contributed by atoms with Crippen molar-refractivity contribution in [1.82, 2.24) is 4.90 Å². The summed E-state index contributed by atoms with van der Waals surface area (Å²) in [4.78, 5) is 14.2. The maximum Gasteiger partial charge on any atom is 0.339 e. The molecule has 0 aliphatic carbocycles. The van der Waals surface area contributed by atoms with Gasteiger partial charge in [0.15, 0.2) is 0 Å². The van der Waals surface area contributed by atoms with E-state index in [2.05, 4.69) is 5.32 Å². The van der Waals surface area contributed by atoms with E-state index in [4.69, 9.17) is 13.7 Å². The fourth-order valence-corrected chi connectivity index (χ4v) is 3.91. The van der Waals surface area contributed by atoms with Crippen molar-refractivity contribution in [1.29, 1.82) is 0 Å². The normalized spacial score (nSPS) is 11.0. The SMILES string of the molecule is COCCN(Cc1ccc(OS(=O)(=O)c2ccc(F)cc2)cc1)C(=O)Nc1ccc(OC)cc1. The summed E-state index contributed by atoms with van der Waals surface area (Å²) in [5.74, 6) is 0.231. The molecule has 3 rings (SSSR count). The highest BCUT2D eigenvalue weighted by Gasteiger charge is 2.18. The number of nitrogens with one attached hydrogen (secondary N) is 1. The molecule has 0 unspecified atom stereocenters. The number of hydrogen-bond donors (Lipinski definition) is 1. The highest BCUT2D eigenvalue weighted by Crippen LogP contribution is 2.21. The first-order chi connectivity index (χ1) is 16.3. The minimum absolute atomic E-state index is 0.0965. The molecule has 0 fully saturated rings. The van der Waals surface area contributed by atoms with Crippen LogP contribution in [0, 0.1) is 5.82 Å². The number of nitrogens with zero attached hydrogens (tertiary/aromatic N) is 1. The standard InChI is InChI=1S/C24H25FN2O6S/c1-31-16-15-27(24(28)26-20-7-11-21(32-2)12-8-20)17-18-3-9-22(10-4-18)33-34(29,30)23-13-5-19(25)6-14-23/h3-14H,15-17H2,1-2H3,(H,26,28). The van der Waals surface area contributed by atoms with Crippen molar-refractivity contribution in [2.24, 2.45) is 0 Å². The van der Waals surface area contributed by atoms with Gasteiger partial charge in [0.1, 0.15) is 22.2 Å². The van der Waals surface area contributed by atoms with E-state index in [0.717, 1.165) is 29.8 Å². The Morgan fingerprint density at radius 1 is 0.912 bits per heavy atom. The molecule has 3 aromatic carbocycles. The van der Waals surface area contributed by atoms with Crippen LogP contribution in [0.25, 0.3) is 0 Å². The third kappa shape index (κ3) is 6.93. The van der Waals surface area contributed by atoms with Gasteiger partial charge in [0, 0.05) is 25.9 Å². The van der Waals surface area contributed by atoms with Crippen LogP contribution in [0.5, 0.6) is 11.5 Å². The third-order valence-electron chi connectivity index (χ3n) is 4.80. The summed E-state index contributed by atoms with van der Waals surface area (Å²) in [7, 11) is -0.985. The molecule has 2 amide bonds. The van der Waals surface area contributed by atoms with Crippen LogP contribution in [0.3, 0.4) is 0 Å². The van der Waals surface area contributed by atoms with E-state index >= 15 is 0 Å². The van der Waals surface area contributed by atoms with Crippen molar-refractivity contribution in [3.63, 3.8) is 0 Å². The molecule has 0 heterocycles. The number of carbonyl (C=O) groups excluding carboxylic acids is 1. The van der Waals surface area contributed by atoms with Gasteiger partial charge in [0.05, 0.1) is 13.7 Å². The lowest BCUT2D eigenvalue weighted by molar-refractivity contribution is 0.153. The minimum atomic E-state index is -4.10. The summed E-state index contributed by atoms with van der Waals surface area (Å²) in [6.45, 7) is 0.944. The van der Waals surface area contributed by atoms with Gasteiger partial charge < -0.3 is 23.9 Å². The van der Waals surface area contributed by atoms with E-state index in [1.165, 1.54) is 12.1 Å². The largest absolute Gasteiger partial charge is 0.497 e. The molecular formula is C24H25FN2O6S. The van der Waals surface area contributed by atoms with Crippen LogP contribution in [0.1, 0.15) is 5.56 Å². The second-order valence-electron chi connectivity index (χ2n) is 7.21. The maximum absolute atomic E-state index is 13.1. The summed E-state index contributed by atoms with van der Waals surface area (Å²) in [6.07, 6.45) is 0. The van der Waals surface area contributed by atoms with Gasteiger partial charge in [-0.05, 0) is 66.2 Å². The number of amides is 2. The van der Waals surface area contributed by atoms with Gasteiger partial charge in [-0.3, -0.25) is 0 Å². The van der Waals surface area contributed by atoms with E-state index in [-0.39, 0.29) is 23.2 Å². The lowest BCUT2D eigenvalue weighted by atomic mass is 10.2. The number of ether oxygens (including phenoxy) is 2. The quantitative estimate of drug-likeness (QED) is 0.428. The van der Waals surface area contributed by atoms with Crippen LogP contribution >= 0.6 is 0 Å². The third-order valence-corrected chi connectivity index (χ3v) is 6.06. The van der Waals surface area contributed by atoms with Crippen molar-refractivity contribution in [3.05, 3.63) is 84.2 Å². The summed E-state index contributed by atoms with van der Waals surface area (Å²) < 4.78 is 53.2. The lowest BCUT2D eigenvalue weighted by Crippen LogP contribution is -2.36. The first kappa shape index (κ1) is 25.0. The van der Waals surface area contributed by atoms with E-state index in [0.29, 0.717) is 24.6 Å². The Kier molecular flexibility index (Phi) is 8.44. The zero-order valence-corrected chi connectivity index (χ0v) is 19.5. The predicted molar refractivity (Wildman–Crippen MR) is 125 cm³/mol. The molecule has 0 radical (unpaired) electrons. The lowest BCUT2D eigenvalue weighted by Gasteiger charge is -2.23. The van der Waals surface area contributed by atoms with E-state index in [1.807, 2.05) is 0 Å². The molecule has 1 N–H and O–H groups in total. The Bertz CT molecular complexity index is 1180. The van der Waals surface area contributed by atoms with Crippen molar-refractivity contribution in [2.45, 2.75) is 11.4 Å². The second kappa shape index (κ2) is 11.5. The number of rotatable bonds is 10. The summed E-state index contributed by atoms with van der Waals surface area (Å²) in [5.41, 5.74) is 1.37. The number of methoxy groups -OCH3 is 2. The molecule has 180 valence electrons. The van der Waals surface area contributed by atoms with Gasteiger partial charge >= 0.3 is 16.1 Å². The molecule has 0 aliphatic heterocycles. The molecule has 0 spiro atoms. The van der Waals surface area contributed by atoms with Gasteiger partial charge in [-0.25, -0.2) is 9.18 Å². The van der Waals surface area contributed by atoms with E-state index in [1.54, 1.807) is 55.5 Å². The van der Waals surface area contributed by atoms with Crippen LogP contribution in [-0.4, -0.2) is 46.7 Å². The fraction of sp³-hybridized carbons (Fsp3) is 0.208. The Labute approximate surface area is 198 Å². The van der Waals surface area contributed by atoms with Gasteiger partial charge in [-0.1, -0.05) is 12.1 Å². The minimum Gasteiger partial charge on any atom is -0.497 e. The molecule has 10 heteroatoms. The molecule has 0 atom stereocenters. The second-order valence-corrected chi connectivity index (χ2v) is 8.75. The average Bonchev–Trinajstić information content (AvgIpc) is 2.83. The van der Waals surface area contributed by atoms with Crippen LogP contribution in [0.2, 0.25) is 0 Å².